The van der Waals surface area contributed by atoms with Crippen LogP contribution in [0.25, 0.3) is 22.4 Å². The van der Waals surface area contributed by atoms with Gasteiger partial charge in [-0.15, -0.1) is 11.8 Å². The third-order valence-electron chi connectivity index (χ3n) is 6.16. The lowest BCUT2D eigenvalue weighted by atomic mass is 9.81. The van der Waals surface area contributed by atoms with Crippen molar-refractivity contribution in [2.75, 3.05) is 5.75 Å². The summed E-state index contributed by atoms with van der Waals surface area (Å²) in [5, 5.41) is 0. The first-order valence-corrected chi connectivity index (χ1v) is 11.9. The Balaban J connectivity index is 1.44. The van der Waals surface area contributed by atoms with Gasteiger partial charge in [-0.2, -0.15) is 0 Å². The number of nitrogens with zero attached hydrogens (tertiary/aromatic N) is 2. The Labute approximate surface area is 188 Å². The fraction of sp³-hybridized carbons (Fsp3) is 0.250. The van der Waals surface area contributed by atoms with Crippen LogP contribution in [-0.2, 0) is 12.0 Å². The summed E-state index contributed by atoms with van der Waals surface area (Å²) in [6, 6.07) is 23.4. The number of fused-ring (bicyclic) bond motifs is 2. The lowest BCUT2D eigenvalue weighted by Gasteiger charge is -2.32. The van der Waals surface area contributed by atoms with Gasteiger partial charge in [-0.3, -0.25) is 0 Å². The highest BCUT2D eigenvalue weighted by atomic mass is 32.2. The molecule has 154 valence electrons. The van der Waals surface area contributed by atoms with E-state index in [1.807, 2.05) is 17.8 Å². The van der Waals surface area contributed by atoms with E-state index in [0.29, 0.717) is 0 Å². The number of rotatable bonds is 2. The number of hydrogen-bond acceptors (Lipinski definition) is 2. The van der Waals surface area contributed by atoms with E-state index in [9.17, 15) is 0 Å². The zero-order chi connectivity index (χ0) is 21.4. The second-order valence-corrected chi connectivity index (χ2v) is 9.83. The van der Waals surface area contributed by atoms with E-state index < -0.39 is 0 Å². The predicted molar refractivity (Wildman–Crippen MR) is 132 cm³/mol. The van der Waals surface area contributed by atoms with Gasteiger partial charge in [0.15, 0.2) is 0 Å². The maximum absolute atomic E-state index is 4.86. The Morgan fingerprint density at radius 2 is 1.71 bits per heavy atom. The summed E-state index contributed by atoms with van der Waals surface area (Å²) in [6.45, 7) is 7.73. The molecule has 0 fully saturated rings. The van der Waals surface area contributed by atoms with Crippen molar-refractivity contribution in [3.8, 4) is 23.2 Å². The van der Waals surface area contributed by atoms with E-state index in [1.165, 1.54) is 28.1 Å². The molecule has 3 heteroatoms. The van der Waals surface area contributed by atoms with Gasteiger partial charge >= 0.3 is 0 Å². The smallest absolute Gasteiger partial charge is 0.141 e. The Hall–Kier alpha value is -2.96. The van der Waals surface area contributed by atoms with Crippen molar-refractivity contribution in [3.05, 3.63) is 83.4 Å². The van der Waals surface area contributed by atoms with Gasteiger partial charge in [0, 0.05) is 28.1 Å². The maximum Gasteiger partial charge on any atom is 0.141 e. The number of aryl methyl sites for hydroxylation is 1. The number of para-hydroxylation sites is 2. The highest BCUT2D eigenvalue weighted by Crippen LogP contribution is 2.41. The van der Waals surface area contributed by atoms with Gasteiger partial charge in [-0.25, -0.2) is 4.98 Å². The van der Waals surface area contributed by atoms with E-state index in [0.717, 1.165) is 34.6 Å². The molecule has 0 radical (unpaired) electrons. The molecule has 0 saturated heterocycles. The van der Waals surface area contributed by atoms with Gasteiger partial charge in [-0.05, 0) is 72.5 Å². The molecule has 5 rings (SSSR count). The monoisotopic (exact) mass is 422 g/mol. The van der Waals surface area contributed by atoms with Gasteiger partial charge in [0.2, 0.25) is 0 Å². The molecule has 2 nitrogen and oxygen atoms in total. The van der Waals surface area contributed by atoms with Crippen molar-refractivity contribution in [2.45, 2.75) is 44.0 Å². The molecular formula is C28H26N2S. The summed E-state index contributed by atoms with van der Waals surface area (Å²) in [5.74, 6) is 8.93. The largest absolute Gasteiger partial charge is 0.324 e. The summed E-state index contributed by atoms with van der Waals surface area (Å²) in [4.78, 5) is 6.26. The van der Waals surface area contributed by atoms with Crippen molar-refractivity contribution in [1.82, 2.24) is 9.55 Å². The molecule has 0 N–H and O–H groups in total. The van der Waals surface area contributed by atoms with Gasteiger partial charge in [0.1, 0.15) is 5.82 Å². The molecule has 0 atom stereocenters. The van der Waals surface area contributed by atoms with Gasteiger partial charge in [0.05, 0.1) is 11.0 Å². The first-order chi connectivity index (χ1) is 15.0. The van der Waals surface area contributed by atoms with Gasteiger partial charge in [0.25, 0.3) is 0 Å². The number of imidazole rings is 1. The average Bonchev–Trinajstić information content (AvgIpc) is 3.17. The Morgan fingerprint density at radius 3 is 2.52 bits per heavy atom. The lowest BCUT2D eigenvalue weighted by molar-refractivity contribution is 0.494. The fourth-order valence-electron chi connectivity index (χ4n) is 4.28. The molecular weight excluding hydrogens is 396 g/mol. The molecule has 1 aromatic heterocycles. The average molecular weight is 423 g/mol. The quantitative estimate of drug-likeness (QED) is 0.327. The van der Waals surface area contributed by atoms with Crippen LogP contribution >= 0.6 is 11.8 Å². The zero-order valence-corrected chi connectivity index (χ0v) is 19.1. The minimum absolute atomic E-state index is 0.227. The Kier molecular flexibility index (Phi) is 5.12. The SMILES string of the molecule is CCn1c(-c2ccc(C#Cc3ccc4c(c3)C(C)(C)CCS4)cc2)nc2ccccc21. The maximum atomic E-state index is 4.86. The predicted octanol–water partition coefficient (Wildman–Crippen LogP) is 6.90. The first-order valence-electron chi connectivity index (χ1n) is 10.9. The van der Waals surface area contributed by atoms with Crippen LogP contribution in [-0.4, -0.2) is 15.3 Å². The molecule has 0 amide bonds. The zero-order valence-electron chi connectivity index (χ0n) is 18.3. The van der Waals surface area contributed by atoms with E-state index in [2.05, 4.69) is 97.8 Å². The first kappa shape index (κ1) is 20.0. The molecule has 4 aromatic rings. The molecule has 0 aliphatic carbocycles. The summed E-state index contributed by atoms with van der Waals surface area (Å²) < 4.78 is 2.27. The van der Waals surface area contributed by atoms with Crippen molar-refractivity contribution in [3.63, 3.8) is 0 Å². The van der Waals surface area contributed by atoms with E-state index >= 15 is 0 Å². The van der Waals surface area contributed by atoms with Crippen molar-refractivity contribution >= 4 is 22.8 Å². The molecule has 0 unspecified atom stereocenters. The summed E-state index contributed by atoms with van der Waals surface area (Å²) in [5.41, 5.74) is 7.11. The van der Waals surface area contributed by atoms with Crippen LogP contribution in [0.1, 0.15) is 43.9 Å². The van der Waals surface area contributed by atoms with Crippen LogP contribution in [0.5, 0.6) is 0 Å². The molecule has 31 heavy (non-hydrogen) atoms. The Morgan fingerprint density at radius 1 is 0.968 bits per heavy atom. The van der Waals surface area contributed by atoms with Crippen molar-refractivity contribution in [1.29, 1.82) is 0 Å². The highest BCUT2D eigenvalue weighted by Gasteiger charge is 2.27. The molecule has 1 aliphatic heterocycles. The number of benzene rings is 3. The molecule has 0 bridgehead atoms. The second-order valence-electron chi connectivity index (χ2n) is 8.69. The highest BCUT2D eigenvalue weighted by molar-refractivity contribution is 7.99. The number of hydrogen-bond donors (Lipinski definition) is 0. The van der Waals surface area contributed by atoms with E-state index in [-0.39, 0.29) is 5.41 Å². The van der Waals surface area contributed by atoms with Crippen LogP contribution < -0.4 is 0 Å². The number of thioether (sulfide) groups is 1. The van der Waals surface area contributed by atoms with Crippen LogP contribution in [0.3, 0.4) is 0 Å². The summed E-state index contributed by atoms with van der Waals surface area (Å²) >= 11 is 1.96. The van der Waals surface area contributed by atoms with Crippen LogP contribution in [0.2, 0.25) is 0 Å². The summed E-state index contributed by atoms with van der Waals surface area (Å²) in [7, 11) is 0. The molecule has 0 saturated carbocycles. The van der Waals surface area contributed by atoms with Crippen molar-refractivity contribution in [2.24, 2.45) is 0 Å². The topological polar surface area (TPSA) is 17.8 Å². The fourth-order valence-corrected chi connectivity index (χ4v) is 5.76. The minimum Gasteiger partial charge on any atom is -0.324 e. The van der Waals surface area contributed by atoms with Crippen LogP contribution in [0.4, 0.5) is 0 Å². The van der Waals surface area contributed by atoms with Crippen LogP contribution in [0.15, 0.2) is 71.6 Å². The standard InChI is InChI=1S/C28H26N2S/c1-4-30-25-8-6-5-7-24(25)29-27(30)22-14-11-20(12-15-22)9-10-21-13-16-26-23(19-21)28(2,3)17-18-31-26/h5-8,11-16,19H,4,17-18H2,1-3H3. The number of aromatic nitrogens is 2. The summed E-state index contributed by atoms with van der Waals surface area (Å²) in [6.07, 6.45) is 1.21. The van der Waals surface area contributed by atoms with Crippen LogP contribution in [0, 0.1) is 11.8 Å². The molecule has 3 aromatic carbocycles. The lowest BCUT2D eigenvalue weighted by Crippen LogP contribution is -2.22. The third-order valence-corrected chi connectivity index (χ3v) is 7.23. The van der Waals surface area contributed by atoms with Gasteiger partial charge < -0.3 is 4.57 Å². The molecule has 1 aliphatic rings. The third kappa shape index (κ3) is 3.77. The van der Waals surface area contributed by atoms with Gasteiger partial charge in [-0.1, -0.05) is 50.0 Å². The normalized spacial score (nSPS) is 14.7. The molecule has 2 heterocycles. The molecule has 0 spiro atoms. The van der Waals surface area contributed by atoms with E-state index in [1.54, 1.807) is 0 Å². The Bertz CT molecular complexity index is 1320. The second kappa shape index (κ2) is 7.94. The van der Waals surface area contributed by atoms with E-state index in [4.69, 9.17) is 4.98 Å². The van der Waals surface area contributed by atoms with Crippen molar-refractivity contribution < 1.29 is 0 Å². The minimum atomic E-state index is 0.227.